The van der Waals surface area contributed by atoms with Crippen LogP contribution in [-0.4, -0.2) is 42.7 Å². The van der Waals surface area contributed by atoms with Crippen LogP contribution < -0.4 is 10.1 Å². The van der Waals surface area contributed by atoms with Gasteiger partial charge < -0.3 is 15.0 Å². The average molecular weight is 401 g/mol. The minimum Gasteiger partial charge on any atom is -0.497 e. The van der Waals surface area contributed by atoms with Crippen LogP contribution in [0, 0.1) is 6.92 Å². The van der Waals surface area contributed by atoms with Crippen LogP contribution in [0.2, 0.25) is 0 Å². The van der Waals surface area contributed by atoms with Crippen LogP contribution in [0.3, 0.4) is 0 Å². The number of hydrogen-bond acceptors (Lipinski definition) is 4. The number of carbonyl (C=O) groups excluding carboxylic acids is 2. The number of ether oxygens (including phenoxy) is 1. The molecule has 0 heterocycles. The van der Waals surface area contributed by atoms with Gasteiger partial charge in [0.25, 0.3) is 0 Å². The molecule has 0 aliphatic carbocycles. The molecule has 0 spiro atoms. The van der Waals surface area contributed by atoms with E-state index < -0.39 is 6.04 Å². The van der Waals surface area contributed by atoms with E-state index in [2.05, 4.69) is 5.32 Å². The van der Waals surface area contributed by atoms with Gasteiger partial charge in [-0.25, -0.2) is 0 Å². The third kappa shape index (κ3) is 6.02. The molecular formula is C22H28N2O3S. The molecule has 150 valence electrons. The van der Waals surface area contributed by atoms with E-state index in [1.807, 2.05) is 62.4 Å². The third-order valence-electron chi connectivity index (χ3n) is 4.50. The zero-order chi connectivity index (χ0) is 20.5. The quantitative estimate of drug-likeness (QED) is 0.653. The molecule has 1 atom stereocenters. The van der Waals surface area contributed by atoms with Crippen molar-refractivity contribution in [2.24, 2.45) is 0 Å². The average Bonchev–Trinajstić information content (AvgIpc) is 2.72. The first-order valence-corrected chi connectivity index (χ1v) is 10.3. The van der Waals surface area contributed by atoms with Gasteiger partial charge in [0.1, 0.15) is 11.8 Å². The second-order valence-electron chi connectivity index (χ2n) is 6.51. The summed E-state index contributed by atoms with van der Waals surface area (Å²) in [5.74, 6) is 0.787. The lowest BCUT2D eigenvalue weighted by atomic mass is 10.1. The summed E-state index contributed by atoms with van der Waals surface area (Å²) >= 11 is 1.48. The molecule has 0 fully saturated rings. The Bertz CT molecular complexity index is 793. The van der Waals surface area contributed by atoms with E-state index in [9.17, 15) is 9.59 Å². The van der Waals surface area contributed by atoms with Gasteiger partial charge in [-0.3, -0.25) is 9.59 Å². The number of likely N-dealkylation sites (N-methyl/N-ethyl adjacent to an activating group) is 1. The number of aryl methyl sites for hydroxylation is 1. The van der Waals surface area contributed by atoms with Crippen LogP contribution in [0.1, 0.15) is 24.5 Å². The first-order valence-electron chi connectivity index (χ1n) is 9.32. The highest BCUT2D eigenvalue weighted by Gasteiger charge is 2.28. The van der Waals surface area contributed by atoms with Gasteiger partial charge in [0.05, 0.1) is 12.9 Å². The summed E-state index contributed by atoms with van der Waals surface area (Å²) in [5.41, 5.74) is 2.11. The number of thioether (sulfide) groups is 1. The van der Waals surface area contributed by atoms with Crippen LogP contribution in [-0.2, 0) is 16.1 Å². The molecule has 2 aromatic carbocycles. The summed E-state index contributed by atoms with van der Waals surface area (Å²) in [4.78, 5) is 28.1. The molecule has 0 radical (unpaired) electrons. The van der Waals surface area contributed by atoms with Crippen molar-refractivity contribution in [3.05, 3.63) is 59.7 Å². The Hall–Kier alpha value is -2.47. The molecule has 2 amide bonds. The fourth-order valence-corrected chi connectivity index (χ4v) is 3.70. The van der Waals surface area contributed by atoms with E-state index in [1.54, 1.807) is 19.1 Å². The Kier molecular flexibility index (Phi) is 8.39. The monoisotopic (exact) mass is 400 g/mol. The van der Waals surface area contributed by atoms with Gasteiger partial charge in [-0.2, -0.15) is 0 Å². The van der Waals surface area contributed by atoms with E-state index >= 15 is 0 Å². The first-order chi connectivity index (χ1) is 13.5. The summed E-state index contributed by atoms with van der Waals surface area (Å²) in [6.07, 6.45) is 0.546. The summed E-state index contributed by atoms with van der Waals surface area (Å²) in [6, 6.07) is 15.1. The van der Waals surface area contributed by atoms with Crippen molar-refractivity contribution in [2.45, 2.75) is 37.8 Å². The minimum atomic E-state index is -0.512. The zero-order valence-electron chi connectivity index (χ0n) is 16.9. The maximum Gasteiger partial charge on any atom is 0.242 e. The molecule has 0 saturated carbocycles. The Labute approximate surface area is 171 Å². The highest BCUT2D eigenvalue weighted by molar-refractivity contribution is 8.00. The first kappa shape index (κ1) is 21.8. The fourth-order valence-electron chi connectivity index (χ4n) is 2.92. The van der Waals surface area contributed by atoms with Gasteiger partial charge in [0.15, 0.2) is 0 Å². The van der Waals surface area contributed by atoms with Crippen molar-refractivity contribution >= 4 is 23.6 Å². The van der Waals surface area contributed by atoms with Gasteiger partial charge in [0.2, 0.25) is 11.8 Å². The van der Waals surface area contributed by atoms with E-state index in [4.69, 9.17) is 4.74 Å². The molecule has 28 heavy (non-hydrogen) atoms. The molecule has 0 bridgehead atoms. The number of methoxy groups -OCH3 is 1. The number of nitrogens with zero attached hydrogens (tertiary/aromatic N) is 1. The highest BCUT2D eigenvalue weighted by atomic mass is 32.2. The summed E-state index contributed by atoms with van der Waals surface area (Å²) in [7, 11) is 3.21. The molecule has 0 unspecified atom stereocenters. The molecule has 1 N–H and O–H groups in total. The molecule has 0 saturated heterocycles. The smallest absolute Gasteiger partial charge is 0.242 e. The lowest BCUT2D eigenvalue weighted by molar-refractivity contribution is -0.139. The van der Waals surface area contributed by atoms with E-state index in [1.165, 1.54) is 17.3 Å². The van der Waals surface area contributed by atoms with Crippen LogP contribution in [0.25, 0.3) is 0 Å². The lowest BCUT2D eigenvalue weighted by Gasteiger charge is -2.30. The predicted octanol–water partition coefficient (Wildman–Crippen LogP) is 3.65. The van der Waals surface area contributed by atoms with Gasteiger partial charge in [-0.15, -0.1) is 11.8 Å². The number of nitrogens with one attached hydrogen (secondary N) is 1. The number of carbonyl (C=O) groups is 2. The normalized spacial score (nSPS) is 11.6. The van der Waals surface area contributed by atoms with E-state index in [0.717, 1.165) is 16.2 Å². The van der Waals surface area contributed by atoms with Crippen LogP contribution in [0.5, 0.6) is 5.75 Å². The van der Waals surface area contributed by atoms with Crippen LogP contribution in [0.15, 0.2) is 53.4 Å². The molecule has 5 nitrogen and oxygen atoms in total. The van der Waals surface area contributed by atoms with Crippen molar-refractivity contribution in [2.75, 3.05) is 19.9 Å². The van der Waals surface area contributed by atoms with Gasteiger partial charge in [0, 0.05) is 18.5 Å². The summed E-state index contributed by atoms with van der Waals surface area (Å²) in [6.45, 7) is 4.31. The highest BCUT2D eigenvalue weighted by Crippen LogP contribution is 2.22. The fraction of sp³-hybridized carbons (Fsp3) is 0.364. The molecule has 0 aliphatic heterocycles. The number of amides is 2. The van der Waals surface area contributed by atoms with Gasteiger partial charge >= 0.3 is 0 Å². The molecular weight excluding hydrogens is 372 g/mol. The van der Waals surface area contributed by atoms with Gasteiger partial charge in [-0.05, 0) is 43.2 Å². The van der Waals surface area contributed by atoms with Crippen molar-refractivity contribution in [1.82, 2.24) is 10.2 Å². The molecule has 6 heteroatoms. The molecule has 0 aromatic heterocycles. The number of benzene rings is 2. The van der Waals surface area contributed by atoms with Crippen LogP contribution >= 0.6 is 11.8 Å². The Morgan fingerprint density at radius 2 is 1.89 bits per heavy atom. The second-order valence-corrected chi connectivity index (χ2v) is 7.56. The maximum absolute atomic E-state index is 13.1. The van der Waals surface area contributed by atoms with Crippen molar-refractivity contribution in [3.8, 4) is 5.75 Å². The Balaban J connectivity index is 2.19. The Morgan fingerprint density at radius 3 is 2.50 bits per heavy atom. The van der Waals surface area contributed by atoms with Gasteiger partial charge in [-0.1, -0.05) is 36.8 Å². The molecule has 2 aromatic rings. The topological polar surface area (TPSA) is 58.6 Å². The molecule has 0 aliphatic rings. The molecule has 2 rings (SSSR count). The standard InChI is InChI=1S/C22H28N2O3S/c1-5-20(22(26)23-3)24(14-17-7-6-8-18(13-17)27-4)21(25)15-28-19-11-9-16(2)10-12-19/h6-13,20H,5,14-15H2,1-4H3,(H,23,26)/t20-/m1/s1. The van der Waals surface area contributed by atoms with Crippen molar-refractivity contribution in [1.29, 1.82) is 0 Å². The number of hydrogen-bond donors (Lipinski definition) is 1. The lowest BCUT2D eigenvalue weighted by Crippen LogP contribution is -2.48. The van der Waals surface area contributed by atoms with Crippen molar-refractivity contribution in [3.63, 3.8) is 0 Å². The second kappa shape index (κ2) is 10.8. The van der Waals surface area contributed by atoms with Crippen LogP contribution in [0.4, 0.5) is 0 Å². The SMILES string of the molecule is CC[C@H](C(=O)NC)N(Cc1cccc(OC)c1)C(=O)CSc1ccc(C)cc1. The Morgan fingerprint density at radius 1 is 1.18 bits per heavy atom. The van der Waals surface area contributed by atoms with E-state index in [0.29, 0.717) is 13.0 Å². The number of rotatable bonds is 9. The zero-order valence-corrected chi connectivity index (χ0v) is 17.7. The maximum atomic E-state index is 13.1. The predicted molar refractivity (Wildman–Crippen MR) is 114 cm³/mol. The summed E-state index contributed by atoms with van der Waals surface area (Å²) in [5, 5.41) is 2.68. The minimum absolute atomic E-state index is 0.0659. The summed E-state index contributed by atoms with van der Waals surface area (Å²) < 4.78 is 5.28. The third-order valence-corrected chi connectivity index (χ3v) is 5.50. The largest absolute Gasteiger partial charge is 0.497 e. The van der Waals surface area contributed by atoms with E-state index in [-0.39, 0.29) is 17.6 Å². The van der Waals surface area contributed by atoms with Crippen molar-refractivity contribution < 1.29 is 14.3 Å².